The molecular weight excluding hydrogens is 310 g/mol. The molecule has 0 saturated carbocycles. The average Bonchev–Trinajstić information content (AvgIpc) is 2.90. The van der Waals surface area contributed by atoms with Gasteiger partial charge in [0.05, 0.1) is 12.7 Å². The Morgan fingerprint density at radius 2 is 2.33 bits per heavy atom. The Bertz CT molecular complexity index is 504. The molecule has 0 aliphatic heterocycles. The molecule has 98 valence electrons. The van der Waals surface area contributed by atoms with Crippen LogP contribution in [0.5, 0.6) is 0 Å². The highest BCUT2D eigenvalue weighted by Gasteiger charge is 2.08. The summed E-state index contributed by atoms with van der Waals surface area (Å²) in [6.45, 7) is 7.12. The Morgan fingerprint density at radius 3 is 3.00 bits per heavy atom. The van der Waals surface area contributed by atoms with E-state index in [1.165, 1.54) is 20.6 Å². The fraction of sp³-hybridized carbons (Fsp3) is 0.462. The fourth-order valence-corrected chi connectivity index (χ4v) is 3.25. The summed E-state index contributed by atoms with van der Waals surface area (Å²) in [6, 6.07) is 2.09. The van der Waals surface area contributed by atoms with Crippen LogP contribution in [-0.2, 0) is 13.1 Å². The largest absolute Gasteiger partial charge is 0.313 e. The molecule has 2 rings (SSSR count). The van der Waals surface area contributed by atoms with Gasteiger partial charge in [0.25, 0.3) is 0 Å². The van der Waals surface area contributed by atoms with E-state index in [0.29, 0.717) is 0 Å². The van der Waals surface area contributed by atoms with Gasteiger partial charge < -0.3 is 5.32 Å². The molecule has 0 spiro atoms. The Morgan fingerprint density at radius 1 is 1.50 bits per heavy atom. The minimum atomic E-state index is 0.845. The highest BCUT2D eigenvalue weighted by atomic mass is 79.9. The second kappa shape index (κ2) is 6.50. The molecule has 2 aromatic rings. The van der Waals surface area contributed by atoms with E-state index in [1.54, 1.807) is 11.3 Å². The molecule has 0 saturated heterocycles. The molecule has 0 aliphatic rings. The molecule has 0 unspecified atom stereocenters. The zero-order valence-electron chi connectivity index (χ0n) is 10.7. The monoisotopic (exact) mass is 327 g/mol. The van der Waals surface area contributed by atoms with Crippen LogP contribution in [0.25, 0.3) is 0 Å². The van der Waals surface area contributed by atoms with E-state index in [0.717, 1.165) is 26.1 Å². The highest BCUT2D eigenvalue weighted by molar-refractivity contribution is 9.10. The van der Waals surface area contributed by atoms with Crippen LogP contribution in [0.15, 0.2) is 22.1 Å². The molecular formula is C13H18BrN3S. The third-order valence-electron chi connectivity index (χ3n) is 2.93. The van der Waals surface area contributed by atoms with Gasteiger partial charge >= 0.3 is 0 Å². The number of thiophene rings is 1. The summed E-state index contributed by atoms with van der Waals surface area (Å²) >= 11 is 5.32. The number of rotatable bonds is 6. The predicted molar refractivity (Wildman–Crippen MR) is 80.1 cm³/mol. The first kappa shape index (κ1) is 13.8. The predicted octanol–water partition coefficient (Wildman–Crippen LogP) is 3.56. The lowest BCUT2D eigenvalue weighted by Gasteiger charge is -2.05. The number of hydrogen-bond donors (Lipinski definition) is 1. The summed E-state index contributed by atoms with van der Waals surface area (Å²) in [4.78, 5) is 1.31. The average molecular weight is 328 g/mol. The van der Waals surface area contributed by atoms with Crippen molar-refractivity contribution in [3.63, 3.8) is 0 Å². The number of aromatic nitrogens is 2. The smallest absolute Gasteiger partial charge is 0.0766 e. The molecule has 0 bridgehead atoms. The maximum absolute atomic E-state index is 4.47. The minimum Gasteiger partial charge on any atom is -0.313 e. The van der Waals surface area contributed by atoms with Crippen LogP contribution < -0.4 is 5.32 Å². The van der Waals surface area contributed by atoms with Crippen LogP contribution >= 0.6 is 27.3 Å². The van der Waals surface area contributed by atoms with Crippen molar-refractivity contribution < 1.29 is 0 Å². The van der Waals surface area contributed by atoms with Gasteiger partial charge in [0.15, 0.2) is 0 Å². The minimum absolute atomic E-state index is 0.845. The molecule has 0 atom stereocenters. The van der Waals surface area contributed by atoms with Gasteiger partial charge in [-0.15, -0.1) is 11.3 Å². The summed E-state index contributed by atoms with van der Waals surface area (Å²) in [5.74, 6) is 0. The number of halogens is 1. The third-order valence-corrected chi connectivity index (χ3v) is 4.84. The Hall–Kier alpha value is -0.650. The molecule has 3 nitrogen and oxygen atoms in total. The molecule has 0 fully saturated rings. The Labute approximate surface area is 120 Å². The van der Waals surface area contributed by atoms with Crippen molar-refractivity contribution in [2.75, 3.05) is 6.54 Å². The van der Waals surface area contributed by atoms with Gasteiger partial charge in [-0.1, -0.05) is 6.92 Å². The van der Waals surface area contributed by atoms with Crippen LogP contribution in [0.1, 0.15) is 29.5 Å². The van der Waals surface area contributed by atoms with Crippen molar-refractivity contribution >= 4 is 27.3 Å². The molecule has 18 heavy (non-hydrogen) atoms. The fourth-order valence-electron chi connectivity index (χ4n) is 1.79. The van der Waals surface area contributed by atoms with E-state index in [9.17, 15) is 0 Å². The van der Waals surface area contributed by atoms with E-state index in [2.05, 4.69) is 56.3 Å². The van der Waals surface area contributed by atoms with Gasteiger partial charge in [-0.3, -0.25) is 4.68 Å². The summed E-state index contributed by atoms with van der Waals surface area (Å²) in [5, 5.41) is 9.99. The lowest BCUT2D eigenvalue weighted by atomic mass is 10.2. The van der Waals surface area contributed by atoms with Crippen LogP contribution in [0.3, 0.4) is 0 Å². The first-order valence-electron chi connectivity index (χ1n) is 6.16. The van der Waals surface area contributed by atoms with E-state index in [-0.39, 0.29) is 0 Å². The number of nitrogens with one attached hydrogen (secondary N) is 1. The van der Waals surface area contributed by atoms with Gasteiger partial charge in [0.2, 0.25) is 0 Å². The van der Waals surface area contributed by atoms with Gasteiger partial charge in [-0.05, 0) is 47.3 Å². The molecule has 0 amide bonds. The summed E-state index contributed by atoms with van der Waals surface area (Å²) in [5.41, 5.74) is 2.54. The molecule has 1 N–H and O–H groups in total. The van der Waals surface area contributed by atoms with E-state index in [4.69, 9.17) is 0 Å². The van der Waals surface area contributed by atoms with Crippen molar-refractivity contribution in [1.29, 1.82) is 0 Å². The van der Waals surface area contributed by atoms with Crippen LogP contribution in [0.2, 0.25) is 0 Å². The van der Waals surface area contributed by atoms with Crippen LogP contribution in [0.4, 0.5) is 0 Å². The third kappa shape index (κ3) is 3.22. The van der Waals surface area contributed by atoms with Gasteiger partial charge in [-0.2, -0.15) is 5.10 Å². The Kier molecular flexibility index (Phi) is 4.97. The molecule has 2 aromatic heterocycles. The normalized spacial score (nSPS) is 11.1. The molecule has 2 heterocycles. The SMILES string of the molecule is CCCNCc1cnn(Cc2sccc2Br)c1C. The number of nitrogens with zero attached hydrogens (tertiary/aromatic N) is 2. The maximum Gasteiger partial charge on any atom is 0.0766 e. The maximum atomic E-state index is 4.47. The molecule has 5 heteroatoms. The standard InChI is InChI=1S/C13H18BrN3S/c1-3-5-15-7-11-8-16-17(10(11)2)9-13-12(14)4-6-18-13/h4,6,8,15H,3,5,7,9H2,1-2H3. The molecule has 0 aromatic carbocycles. The van der Waals surface area contributed by atoms with Crippen molar-refractivity contribution in [1.82, 2.24) is 15.1 Å². The van der Waals surface area contributed by atoms with Gasteiger partial charge in [0.1, 0.15) is 0 Å². The van der Waals surface area contributed by atoms with Gasteiger partial charge in [0, 0.05) is 27.2 Å². The topological polar surface area (TPSA) is 29.9 Å². The van der Waals surface area contributed by atoms with Crippen molar-refractivity contribution in [3.05, 3.63) is 38.3 Å². The summed E-state index contributed by atoms with van der Waals surface area (Å²) in [6.07, 6.45) is 3.13. The summed E-state index contributed by atoms with van der Waals surface area (Å²) in [7, 11) is 0. The first-order chi connectivity index (χ1) is 8.72. The van der Waals surface area contributed by atoms with Crippen LogP contribution in [0, 0.1) is 6.92 Å². The molecule has 0 aliphatic carbocycles. The van der Waals surface area contributed by atoms with Crippen molar-refractivity contribution in [2.45, 2.75) is 33.4 Å². The Balaban J connectivity index is 2.04. The zero-order valence-corrected chi connectivity index (χ0v) is 13.1. The molecule has 0 radical (unpaired) electrons. The van der Waals surface area contributed by atoms with E-state index < -0.39 is 0 Å². The van der Waals surface area contributed by atoms with E-state index >= 15 is 0 Å². The van der Waals surface area contributed by atoms with Crippen LogP contribution in [-0.4, -0.2) is 16.3 Å². The lowest BCUT2D eigenvalue weighted by molar-refractivity contribution is 0.655. The van der Waals surface area contributed by atoms with E-state index in [1.807, 2.05) is 6.20 Å². The summed E-state index contributed by atoms with van der Waals surface area (Å²) < 4.78 is 3.24. The zero-order chi connectivity index (χ0) is 13.0. The lowest BCUT2D eigenvalue weighted by Crippen LogP contribution is -2.14. The highest BCUT2D eigenvalue weighted by Crippen LogP contribution is 2.24. The second-order valence-corrected chi connectivity index (χ2v) is 6.14. The number of hydrogen-bond acceptors (Lipinski definition) is 3. The quantitative estimate of drug-likeness (QED) is 0.822. The van der Waals surface area contributed by atoms with Crippen molar-refractivity contribution in [3.8, 4) is 0 Å². The van der Waals surface area contributed by atoms with Gasteiger partial charge in [-0.25, -0.2) is 0 Å². The first-order valence-corrected chi connectivity index (χ1v) is 7.83. The van der Waals surface area contributed by atoms with Crippen molar-refractivity contribution in [2.24, 2.45) is 0 Å². The second-order valence-electron chi connectivity index (χ2n) is 4.28.